The van der Waals surface area contributed by atoms with Crippen LogP contribution in [0, 0.1) is 29.1 Å². The van der Waals surface area contributed by atoms with Crippen LogP contribution in [0.3, 0.4) is 0 Å². The van der Waals surface area contributed by atoms with E-state index < -0.39 is 0 Å². The van der Waals surface area contributed by atoms with Gasteiger partial charge in [0.05, 0.1) is 6.10 Å². The van der Waals surface area contributed by atoms with Crippen LogP contribution < -0.4 is 0 Å². The molecule has 0 aromatic rings. The maximum atomic E-state index is 10.7. The summed E-state index contributed by atoms with van der Waals surface area (Å²) in [5.74, 6) is 2.57. The van der Waals surface area contributed by atoms with Crippen molar-refractivity contribution in [1.82, 2.24) is 0 Å². The third kappa shape index (κ3) is 0.457. The lowest BCUT2D eigenvalue weighted by molar-refractivity contribution is -0.119. The molecular formula is C10H14O2. The van der Waals surface area contributed by atoms with E-state index in [0.717, 1.165) is 18.6 Å². The topological polar surface area (TPSA) is 26.3 Å². The van der Waals surface area contributed by atoms with E-state index in [4.69, 9.17) is 4.74 Å². The molecule has 3 aliphatic rings. The number of fused-ring (bicyclic) bond motifs is 1. The quantitative estimate of drug-likeness (QED) is 0.574. The van der Waals surface area contributed by atoms with Crippen LogP contribution in [-0.2, 0) is 9.53 Å². The monoisotopic (exact) mass is 166 g/mol. The maximum absolute atomic E-state index is 10.7. The first kappa shape index (κ1) is 7.07. The van der Waals surface area contributed by atoms with Crippen LogP contribution in [0.25, 0.3) is 0 Å². The second-order valence-electron chi connectivity index (χ2n) is 4.77. The van der Waals surface area contributed by atoms with Crippen LogP contribution in [0.5, 0.6) is 0 Å². The molecule has 66 valence electrons. The molecule has 0 N–H and O–H groups in total. The van der Waals surface area contributed by atoms with Crippen LogP contribution in [0.4, 0.5) is 0 Å². The van der Waals surface area contributed by atoms with E-state index in [-0.39, 0.29) is 0 Å². The molecule has 2 nitrogen and oxygen atoms in total. The summed E-state index contributed by atoms with van der Waals surface area (Å²) < 4.78 is 5.45. The van der Waals surface area contributed by atoms with E-state index >= 15 is 0 Å². The Labute approximate surface area is 72.3 Å². The van der Waals surface area contributed by atoms with Crippen molar-refractivity contribution in [2.75, 3.05) is 7.11 Å². The molecule has 12 heavy (non-hydrogen) atoms. The molecule has 6 unspecified atom stereocenters. The SMILES string of the molecule is COC1C2CC(C=O)C3C2C13C. The van der Waals surface area contributed by atoms with E-state index in [1.54, 1.807) is 7.11 Å². The molecule has 6 atom stereocenters. The van der Waals surface area contributed by atoms with Gasteiger partial charge in [0, 0.05) is 18.4 Å². The number of carbonyl (C=O) groups excluding carboxylic acids is 1. The lowest BCUT2D eigenvalue weighted by Crippen LogP contribution is -2.46. The summed E-state index contributed by atoms with van der Waals surface area (Å²) in [6, 6.07) is 0. The maximum Gasteiger partial charge on any atom is 0.123 e. The Morgan fingerprint density at radius 1 is 1.50 bits per heavy atom. The van der Waals surface area contributed by atoms with Gasteiger partial charge < -0.3 is 9.53 Å². The van der Waals surface area contributed by atoms with Gasteiger partial charge in [-0.05, 0) is 24.2 Å². The lowest BCUT2D eigenvalue weighted by atomic mass is 9.67. The first-order chi connectivity index (χ1) is 5.75. The zero-order valence-corrected chi connectivity index (χ0v) is 7.49. The number of hydrogen-bond donors (Lipinski definition) is 0. The summed E-state index contributed by atoms with van der Waals surface area (Å²) in [4.78, 5) is 10.7. The number of carbonyl (C=O) groups is 1. The molecule has 3 rings (SSSR count). The second kappa shape index (κ2) is 1.77. The van der Waals surface area contributed by atoms with Crippen LogP contribution in [0.15, 0.2) is 0 Å². The molecule has 2 heteroatoms. The van der Waals surface area contributed by atoms with E-state index in [0.29, 0.717) is 29.3 Å². The Kier molecular flexibility index (Phi) is 1.04. The summed E-state index contributed by atoms with van der Waals surface area (Å²) in [5.41, 5.74) is 0.392. The van der Waals surface area contributed by atoms with Gasteiger partial charge in [0.25, 0.3) is 0 Å². The minimum absolute atomic E-state index is 0.358. The Hall–Kier alpha value is -0.370. The molecule has 0 aromatic heterocycles. The van der Waals surface area contributed by atoms with Crippen molar-refractivity contribution in [2.45, 2.75) is 19.4 Å². The predicted octanol–water partition coefficient (Wildman–Crippen LogP) is 1.10. The number of ether oxygens (including phenoxy) is 1. The molecule has 0 heterocycles. The van der Waals surface area contributed by atoms with Crippen molar-refractivity contribution in [1.29, 1.82) is 0 Å². The van der Waals surface area contributed by atoms with Crippen molar-refractivity contribution in [2.24, 2.45) is 29.1 Å². The first-order valence-electron chi connectivity index (χ1n) is 4.73. The fourth-order valence-corrected chi connectivity index (χ4v) is 4.27. The summed E-state index contributed by atoms with van der Waals surface area (Å²) in [6.07, 6.45) is 2.71. The molecule has 3 aliphatic carbocycles. The summed E-state index contributed by atoms with van der Waals surface area (Å²) in [5, 5.41) is 0. The molecule has 0 spiro atoms. The predicted molar refractivity (Wildman–Crippen MR) is 43.5 cm³/mol. The minimum Gasteiger partial charge on any atom is -0.381 e. The van der Waals surface area contributed by atoms with Crippen LogP contribution >= 0.6 is 0 Å². The Morgan fingerprint density at radius 2 is 2.25 bits per heavy atom. The minimum atomic E-state index is 0.358. The molecule has 3 saturated carbocycles. The van der Waals surface area contributed by atoms with Gasteiger partial charge in [-0.15, -0.1) is 0 Å². The van der Waals surface area contributed by atoms with Gasteiger partial charge in [0.2, 0.25) is 0 Å². The molecule has 0 aliphatic heterocycles. The van der Waals surface area contributed by atoms with Gasteiger partial charge >= 0.3 is 0 Å². The van der Waals surface area contributed by atoms with Crippen molar-refractivity contribution in [3.05, 3.63) is 0 Å². The average Bonchev–Trinajstić information content (AvgIpc) is 2.46. The zero-order valence-electron chi connectivity index (χ0n) is 7.49. The highest BCUT2D eigenvalue weighted by molar-refractivity contribution is 5.59. The van der Waals surface area contributed by atoms with Gasteiger partial charge in [-0.25, -0.2) is 0 Å². The largest absolute Gasteiger partial charge is 0.381 e. The second-order valence-corrected chi connectivity index (χ2v) is 4.77. The molecule has 3 fully saturated rings. The van der Waals surface area contributed by atoms with Gasteiger partial charge in [-0.2, -0.15) is 0 Å². The Balaban J connectivity index is 1.88. The van der Waals surface area contributed by atoms with Gasteiger partial charge in [-0.3, -0.25) is 0 Å². The van der Waals surface area contributed by atoms with Crippen LogP contribution in [-0.4, -0.2) is 19.5 Å². The van der Waals surface area contributed by atoms with Crippen LogP contribution in [0.2, 0.25) is 0 Å². The van der Waals surface area contributed by atoms with Crippen molar-refractivity contribution in [3.8, 4) is 0 Å². The van der Waals surface area contributed by atoms with Gasteiger partial charge in [0.1, 0.15) is 6.29 Å². The van der Waals surface area contributed by atoms with E-state index in [9.17, 15) is 4.79 Å². The van der Waals surface area contributed by atoms with E-state index in [1.807, 2.05) is 0 Å². The summed E-state index contributed by atoms with van der Waals surface area (Å²) in [6.45, 7) is 2.28. The molecule has 0 radical (unpaired) electrons. The Bertz CT molecular complexity index is 250. The molecular weight excluding hydrogens is 152 g/mol. The molecule has 0 aromatic carbocycles. The van der Waals surface area contributed by atoms with Crippen LogP contribution in [0.1, 0.15) is 13.3 Å². The van der Waals surface area contributed by atoms with Gasteiger partial charge in [-0.1, -0.05) is 6.92 Å². The third-order valence-electron chi connectivity index (χ3n) is 4.61. The highest BCUT2D eigenvalue weighted by atomic mass is 16.5. The van der Waals surface area contributed by atoms with E-state index in [1.165, 1.54) is 0 Å². The highest BCUT2D eigenvalue weighted by Gasteiger charge is 2.83. The number of methoxy groups -OCH3 is 1. The highest BCUT2D eigenvalue weighted by Crippen LogP contribution is 2.83. The smallest absolute Gasteiger partial charge is 0.123 e. The fraction of sp³-hybridized carbons (Fsp3) is 0.900. The lowest BCUT2D eigenvalue weighted by Gasteiger charge is -2.43. The molecule has 0 saturated heterocycles. The summed E-state index contributed by atoms with van der Waals surface area (Å²) >= 11 is 0. The van der Waals surface area contributed by atoms with Crippen molar-refractivity contribution >= 4 is 6.29 Å². The normalized spacial score (nSPS) is 65.3. The number of hydrogen-bond acceptors (Lipinski definition) is 2. The number of aldehydes is 1. The van der Waals surface area contributed by atoms with Crippen molar-refractivity contribution < 1.29 is 9.53 Å². The molecule has 0 bridgehead atoms. The first-order valence-corrected chi connectivity index (χ1v) is 4.73. The standard InChI is InChI=1S/C10H14O2/c1-10-7-5(4-11)3-6(8(7)10)9(10)12-2/h4-9H,3H2,1-2H3. The van der Waals surface area contributed by atoms with Crippen molar-refractivity contribution in [3.63, 3.8) is 0 Å². The third-order valence-corrected chi connectivity index (χ3v) is 4.61. The average molecular weight is 166 g/mol. The zero-order chi connectivity index (χ0) is 8.51. The summed E-state index contributed by atoms with van der Waals surface area (Å²) in [7, 11) is 1.80. The number of rotatable bonds is 2. The Morgan fingerprint density at radius 3 is 2.75 bits per heavy atom. The van der Waals surface area contributed by atoms with E-state index in [2.05, 4.69) is 6.92 Å². The van der Waals surface area contributed by atoms with Gasteiger partial charge in [0.15, 0.2) is 0 Å². The fourth-order valence-electron chi connectivity index (χ4n) is 4.27. The molecule has 0 amide bonds.